The van der Waals surface area contributed by atoms with Gasteiger partial charge in [-0.15, -0.1) is 5.73 Å². The van der Waals surface area contributed by atoms with Crippen molar-refractivity contribution in [2.24, 2.45) is 34.5 Å². The smallest absolute Gasteiger partial charge is 0.277 e. The number of alkyl halides is 2. The van der Waals surface area contributed by atoms with Crippen LogP contribution >= 0.6 is 0 Å². The van der Waals surface area contributed by atoms with Gasteiger partial charge >= 0.3 is 0 Å². The van der Waals surface area contributed by atoms with Crippen molar-refractivity contribution in [3.05, 3.63) is 17.9 Å². The Bertz CT molecular complexity index is 593. The molecule has 0 aliphatic heterocycles. The Hall–Kier alpha value is -0.660. The average molecular weight is 336 g/mol. The highest BCUT2D eigenvalue weighted by atomic mass is 19.3. The van der Waals surface area contributed by atoms with E-state index in [2.05, 4.69) is 19.2 Å². The quantitative estimate of drug-likeness (QED) is 0.592. The van der Waals surface area contributed by atoms with Crippen molar-refractivity contribution in [1.82, 2.24) is 0 Å². The number of aliphatic hydroxyl groups excluding tert-OH is 1. The van der Waals surface area contributed by atoms with Gasteiger partial charge in [0.25, 0.3) is 5.92 Å². The summed E-state index contributed by atoms with van der Waals surface area (Å²) in [5.41, 5.74) is 2.65. The van der Waals surface area contributed by atoms with Crippen LogP contribution in [0.1, 0.15) is 65.2 Å². The highest BCUT2D eigenvalue weighted by molar-refractivity contribution is 5.30. The maximum absolute atomic E-state index is 14.6. The molecule has 3 unspecified atom stereocenters. The number of fused-ring (bicyclic) bond motifs is 5. The topological polar surface area (TPSA) is 20.2 Å². The summed E-state index contributed by atoms with van der Waals surface area (Å²) in [6.07, 6.45) is 6.73. The summed E-state index contributed by atoms with van der Waals surface area (Å²) in [6.45, 7) is 8.03. The monoisotopic (exact) mass is 336 g/mol. The lowest BCUT2D eigenvalue weighted by Gasteiger charge is -2.60. The Kier molecular flexibility index (Phi) is 3.62. The Morgan fingerprint density at radius 2 is 1.83 bits per heavy atom. The van der Waals surface area contributed by atoms with Crippen LogP contribution in [0.5, 0.6) is 0 Å². The van der Waals surface area contributed by atoms with Crippen LogP contribution in [-0.2, 0) is 0 Å². The molecule has 4 fully saturated rings. The molecule has 0 amide bonds. The molecule has 0 aromatic rings. The van der Waals surface area contributed by atoms with E-state index in [9.17, 15) is 13.9 Å². The predicted molar refractivity (Wildman–Crippen MR) is 90.7 cm³/mol. The van der Waals surface area contributed by atoms with Crippen LogP contribution in [0.2, 0.25) is 0 Å². The Morgan fingerprint density at radius 1 is 1.08 bits per heavy atom. The second-order valence-electron chi connectivity index (χ2n) is 9.50. The highest BCUT2D eigenvalue weighted by Crippen LogP contribution is 2.69. The molecule has 0 radical (unpaired) electrons. The van der Waals surface area contributed by atoms with Crippen LogP contribution in [0, 0.1) is 34.5 Å². The van der Waals surface area contributed by atoms with Gasteiger partial charge in [-0.1, -0.05) is 20.4 Å². The first-order chi connectivity index (χ1) is 11.2. The molecule has 0 heterocycles. The zero-order chi connectivity index (χ0) is 17.3. The van der Waals surface area contributed by atoms with Gasteiger partial charge in [-0.25, -0.2) is 8.78 Å². The van der Waals surface area contributed by atoms with Crippen molar-refractivity contribution in [3.63, 3.8) is 0 Å². The lowest BCUT2D eigenvalue weighted by atomic mass is 9.45. The molecule has 7 atom stereocenters. The van der Waals surface area contributed by atoms with E-state index in [1.54, 1.807) is 0 Å². The highest BCUT2D eigenvalue weighted by Gasteiger charge is 2.65. The van der Waals surface area contributed by atoms with Crippen molar-refractivity contribution in [1.29, 1.82) is 0 Å². The van der Waals surface area contributed by atoms with E-state index in [-0.39, 0.29) is 29.4 Å². The third-order valence-electron chi connectivity index (χ3n) is 8.62. The zero-order valence-corrected chi connectivity index (χ0v) is 15.0. The number of allylic oxidation sites excluding steroid dienone is 1. The third kappa shape index (κ3) is 2.07. The molecule has 0 aromatic heterocycles. The number of hydrogen-bond acceptors (Lipinski definition) is 1. The maximum atomic E-state index is 14.6. The summed E-state index contributed by atoms with van der Waals surface area (Å²) in [5.74, 6) is -1.14. The SMILES string of the molecule is C=C=C1C(F)(F)CC2C3CC[C@H]4C[C@@H](O)CC[C@]4(C)C3CC[C@]12C. The number of rotatable bonds is 0. The second-order valence-corrected chi connectivity index (χ2v) is 9.50. The molecular formula is C21H30F2O. The van der Waals surface area contributed by atoms with E-state index in [1.165, 1.54) is 0 Å². The van der Waals surface area contributed by atoms with Gasteiger partial charge in [0.05, 0.1) is 6.10 Å². The van der Waals surface area contributed by atoms with Crippen LogP contribution in [-0.4, -0.2) is 17.1 Å². The van der Waals surface area contributed by atoms with Gasteiger partial charge in [-0.3, -0.25) is 0 Å². The van der Waals surface area contributed by atoms with E-state index in [0.717, 1.165) is 44.9 Å². The molecule has 4 rings (SSSR count). The summed E-state index contributed by atoms with van der Waals surface area (Å²) in [6, 6.07) is 0. The summed E-state index contributed by atoms with van der Waals surface area (Å²) in [7, 11) is 0. The molecule has 24 heavy (non-hydrogen) atoms. The van der Waals surface area contributed by atoms with Crippen LogP contribution in [0.3, 0.4) is 0 Å². The van der Waals surface area contributed by atoms with Gasteiger partial charge < -0.3 is 5.11 Å². The minimum Gasteiger partial charge on any atom is -0.393 e. The van der Waals surface area contributed by atoms with E-state index in [4.69, 9.17) is 0 Å². The number of aliphatic hydroxyl groups is 1. The van der Waals surface area contributed by atoms with Crippen molar-refractivity contribution in [3.8, 4) is 0 Å². The molecule has 0 bridgehead atoms. The molecule has 4 aliphatic rings. The summed E-state index contributed by atoms with van der Waals surface area (Å²) in [5, 5.41) is 10.1. The van der Waals surface area contributed by atoms with E-state index < -0.39 is 11.3 Å². The van der Waals surface area contributed by atoms with Crippen LogP contribution < -0.4 is 0 Å². The van der Waals surface area contributed by atoms with E-state index >= 15 is 0 Å². The molecule has 0 saturated heterocycles. The predicted octanol–water partition coefficient (Wildman–Crippen LogP) is 5.35. The summed E-state index contributed by atoms with van der Waals surface area (Å²) < 4.78 is 29.2. The van der Waals surface area contributed by atoms with Crippen molar-refractivity contribution in [2.45, 2.75) is 77.2 Å². The first-order valence-electron chi connectivity index (χ1n) is 9.69. The van der Waals surface area contributed by atoms with Gasteiger partial charge in [-0.05, 0) is 74.0 Å². The summed E-state index contributed by atoms with van der Waals surface area (Å²) in [4.78, 5) is 0. The molecule has 0 aromatic carbocycles. The van der Waals surface area contributed by atoms with Crippen LogP contribution in [0.4, 0.5) is 8.78 Å². The van der Waals surface area contributed by atoms with Gasteiger partial charge in [0, 0.05) is 17.4 Å². The number of halogens is 2. The van der Waals surface area contributed by atoms with Gasteiger partial charge in [0.15, 0.2) is 0 Å². The van der Waals surface area contributed by atoms with Crippen LogP contribution in [0.25, 0.3) is 0 Å². The average Bonchev–Trinajstić information content (AvgIpc) is 2.72. The largest absolute Gasteiger partial charge is 0.393 e. The number of hydrogen-bond donors (Lipinski definition) is 1. The molecule has 0 spiro atoms. The second kappa shape index (κ2) is 5.17. The van der Waals surface area contributed by atoms with Crippen molar-refractivity contribution in [2.75, 3.05) is 0 Å². The minimum absolute atomic E-state index is 0.00804. The first kappa shape index (κ1) is 16.8. The van der Waals surface area contributed by atoms with Gasteiger partial charge in [-0.2, -0.15) is 0 Å². The van der Waals surface area contributed by atoms with Crippen LogP contribution in [0.15, 0.2) is 17.9 Å². The first-order valence-corrected chi connectivity index (χ1v) is 9.69. The fourth-order valence-electron chi connectivity index (χ4n) is 7.37. The molecule has 1 N–H and O–H groups in total. The fourth-order valence-corrected chi connectivity index (χ4v) is 7.37. The Morgan fingerprint density at radius 3 is 2.54 bits per heavy atom. The molecule has 134 valence electrons. The Balaban J connectivity index is 1.69. The maximum Gasteiger partial charge on any atom is 0.277 e. The molecule has 1 nitrogen and oxygen atoms in total. The third-order valence-corrected chi connectivity index (χ3v) is 8.62. The van der Waals surface area contributed by atoms with Crippen molar-refractivity contribution < 1.29 is 13.9 Å². The van der Waals surface area contributed by atoms with E-state index in [1.807, 2.05) is 6.92 Å². The molecule has 4 aliphatic carbocycles. The molecule has 3 heteroatoms. The lowest BCUT2D eigenvalue weighted by molar-refractivity contribution is -0.118. The minimum atomic E-state index is -2.73. The van der Waals surface area contributed by atoms with Crippen molar-refractivity contribution >= 4 is 0 Å². The summed E-state index contributed by atoms with van der Waals surface area (Å²) >= 11 is 0. The zero-order valence-electron chi connectivity index (χ0n) is 15.0. The molecule has 4 saturated carbocycles. The lowest BCUT2D eigenvalue weighted by Crippen LogP contribution is -2.53. The molecular weight excluding hydrogens is 306 g/mol. The fraction of sp³-hybridized carbons (Fsp3) is 0.857. The van der Waals surface area contributed by atoms with Gasteiger partial charge in [0.2, 0.25) is 0 Å². The normalized spacial score (nSPS) is 52.9. The Labute approximate surface area is 144 Å². The standard InChI is InChI=1S/C21H30F2O/c1-4-18-20(3)10-8-16-15(17(20)12-21(18,22)23)6-5-13-11-14(24)7-9-19(13,16)2/h13-17,24H,1,5-12H2,2-3H3/t13-,14-,15?,16?,17?,19-,20-/m0/s1. The van der Waals surface area contributed by atoms with Gasteiger partial charge in [0.1, 0.15) is 0 Å². The van der Waals surface area contributed by atoms with E-state index in [0.29, 0.717) is 17.8 Å².